The molecule has 0 saturated carbocycles. The second kappa shape index (κ2) is 13.0. The van der Waals surface area contributed by atoms with Crippen LogP contribution in [-0.4, -0.2) is 63.3 Å². The molecule has 1 heterocycles. The van der Waals surface area contributed by atoms with Crippen molar-refractivity contribution >= 4 is 11.9 Å². The second-order valence-corrected chi connectivity index (χ2v) is 7.30. The molecule has 7 nitrogen and oxygen atoms in total. The SMILES string of the molecule is CCNC(=NCc1ccc(C)cc1OCCCOC)NCC(=O)N1CCCCC1. The first-order valence-electron chi connectivity index (χ1n) is 10.6. The van der Waals surface area contributed by atoms with Crippen molar-refractivity contribution < 1.29 is 14.3 Å². The van der Waals surface area contributed by atoms with Crippen LogP contribution in [0.2, 0.25) is 0 Å². The van der Waals surface area contributed by atoms with Crippen molar-refractivity contribution in [1.82, 2.24) is 15.5 Å². The number of amides is 1. The van der Waals surface area contributed by atoms with Gasteiger partial charge in [0.15, 0.2) is 5.96 Å². The summed E-state index contributed by atoms with van der Waals surface area (Å²) in [5.74, 6) is 1.63. The van der Waals surface area contributed by atoms with Gasteiger partial charge in [0.2, 0.25) is 5.91 Å². The Hall–Kier alpha value is -2.28. The van der Waals surface area contributed by atoms with Crippen molar-refractivity contribution in [3.8, 4) is 5.75 Å². The number of ether oxygens (including phenoxy) is 2. The number of nitrogens with zero attached hydrogens (tertiary/aromatic N) is 2. The molecule has 1 saturated heterocycles. The van der Waals surface area contributed by atoms with E-state index in [1.54, 1.807) is 7.11 Å². The minimum Gasteiger partial charge on any atom is -0.493 e. The Morgan fingerprint density at radius 3 is 2.69 bits per heavy atom. The minimum absolute atomic E-state index is 0.132. The molecule has 1 fully saturated rings. The van der Waals surface area contributed by atoms with Gasteiger partial charge in [-0.1, -0.05) is 12.1 Å². The molecular formula is C22H36N4O3. The van der Waals surface area contributed by atoms with E-state index >= 15 is 0 Å². The van der Waals surface area contributed by atoms with Crippen LogP contribution in [-0.2, 0) is 16.1 Å². The summed E-state index contributed by atoms with van der Waals surface area (Å²) < 4.78 is 11.0. The fourth-order valence-electron chi connectivity index (χ4n) is 3.23. The lowest BCUT2D eigenvalue weighted by Crippen LogP contribution is -2.46. The number of hydrogen-bond donors (Lipinski definition) is 2. The molecule has 162 valence electrons. The zero-order chi connectivity index (χ0) is 20.9. The van der Waals surface area contributed by atoms with Crippen LogP contribution in [0.5, 0.6) is 5.75 Å². The number of benzene rings is 1. The third-order valence-electron chi connectivity index (χ3n) is 4.84. The van der Waals surface area contributed by atoms with E-state index in [9.17, 15) is 4.79 Å². The zero-order valence-corrected chi connectivity index (χ0v) is 18.1. The van der Waals surface area contributed by atoms with Gasteiger partial charge in [-0.3, -0.25) is 4.79 Å². The molecule has 1 aromatic rings. The van der Waals surface area contributed by atoms with Crippen molar-refractivity contribution in [2.75, 3.05) is 46.5 Å². The maximum atomic E-state index is 12.4. The molecule has 7 heteroatoms. The van der Waals surface area contributed by atoms with Gasteiger partial charge < -0.3 is 25.0 Å². The average molecular weight is 405 g/mol. The van der Waals surface area contributed by atoms with Gasteiger partial charge in [-0.15, -0.1) is 0 Å². The number of carbonyl (C=O) groups is 1. The molecular weight excluding hydrogens is 368 g/mol. The van der Waals surface area contributed by atoms with E-state index in [0.29, 0.717) is 25.7 Å². The van der Waals surface area contributed by atoms with E-state index in [1.165, 1.54) is 6.42 Å². The molecule has 2 N–H and O–H groups in total. The molecule has 0 radical (unpaired) electrons. The summed E-state index contributed by atoms with van der Waals surface area (Å²) >= 11 is 0. The molecule has 0 spiro atoms. The first kappa shape index (κ1) is 23.0. The van der Waals surface area contributed by atoms with Gasteiger partial charge in [-0.25, -0.2) is 4.99 Å². The van der Waals surface area contributed by atoms with E-state index < -0.39 is 0 Å². The van der Waals surface area contributed by atoms with E-state index in [0.717, 1.165) is 55.8 Å². The largest absolute Gasteiger partial charge is 0.493 e. The lowest BCUT2D eigenvalue weighted by molar-refractivity contribution is -0.130. The summed E-state index contributed by atoms with van der Waals surface area (Å²) in [5, 5.41) is 6.38. The molecule has 1 aromatic carbocycles. The average Bonchev–Trinajstić information content (AvgIpc) is 2.74. The summed E-state index contributed by atoms with van der Waals surface area (Å²) in [7, 11) is 1.69. The molecule has 0 aliphatic carbocycles. The number of rotatable bonds is 10. The molecule has 2 rings (SSSR count). The molecule has 0 unspecified atom stereocenters. The Bertz CT molecular complexity index is 657. The van der Waals surface area contributed by atoms with Gasteiger partial charge in [-0.2, -0.15) is 0 Å². The fraction of sp³-hybridized carbons (Fsp3) is 0.636. The Morgan fingerprint density at radius 2 is 1.97 bits per heavy atom. The van der Waals surface area contributed by atoms with Crippen LogP contribution >= 0.6 is 0 Å². The van der Waals surface area contributed by atoms with E-state index in [4.69, 9.17) is 9.47 Å². The van der Waals surface area contributed by atoms with Crippen molar-refractivity contribution in [2.45, 2.75) is 46.1 Å². The highest BCUT2D eigenvalue weighted by Gasteiger charge is 2.16. The smallest absolute Gasteiger partial charge is 0.241 e. The number of carbonyl (C=O) groups excluding carboxylic acids is 1. The first-order chi connectivity index (χ1) is 14.1. The highest BCUT2D eigenvalue weighted by atomic mass is 16.5. The van der Waals surface area contributed by atoms with Crippen LogP contribution in [0.15, 0.2) is 23.2 Å². The highest BCUT2D eigenvalue weighted by Crippen LogP contribution is 2.21. The maximum absolute atomic E-state index is 12.4. The van der Waals surface area contributed by atoms with Crippen LogP contribution < -0.4 is 15.4 Å². The van der Waals surface area contributed by atoms with Gasteiger partial charge >= 0.3 is 0 Å². The number of methoxy groups -OCH3 is 1. The summed E-state index contributed by atoms with van der Waals surface area (Å²) in [4.78, 5) is 19.0. The normalized spacial score (nSPS) is 14.6. The number of likely N-dealkylation sites (tertiary alicyclic amines) is 1. The third kappa shape index (κ3) is 8.31. The van der Waals surface area contributed by atoms with Crippen LogP contribution in [0.25, 0.3) is 0 Å². The Kier molecular flexibility index (Phi) is 10.3. The third-order valence-corrected chi connectivity index (χ3v) is 4.84. The summed E-state index contributed by atoms with van der Waals surface area (Å²) in [5.41, 5.74) is 2.17. The molecule has 0 aromatic heterocycles. The quantitative estimate of drug-likeness (QED) is 0.356. The van der Waals surface area contributed by atoms with Crippen LogP contribution in [0.4, 0.5) is 0 Å². The number of hydrogen-bond acceptors (Lipinski definition) is 4. The number of guanidine groups is 1. The predicted octanol–water partition coefficient (Wildman–Crippen LogP) is 2.48. The van der Waals surface area contributed by atoms with Gasteiger partial charge in [-0.05, 0) is 44.7 Å². The van der Waals surface area contributed by atoms with Gasteiger partial charge in [0.1, 0.15) is 5.75 Å². The Balaban J connectivity index is 1.95. The van der Waals surface area contributed by atoms with Crippen molar-refractivity contribution in [3.63, 3.8) is 0 Å². The molecule has 29 heavy (non-hydrogen) atoms. The topological polar surface area (TPSA) is 75.2 Å². The van der Waals surface area contributed by atoms with Crippen molar-refractivity contribution in [3.05, 3.63) is 29.3 Å². The molecule has 0 atom stereocenters. The monoisotopic (exact) mass is 404 g/mol. The van der Waals surface area contributed by atoms with Crippen molar-refractivity contribution in [1.29, 1.82) is 0 Å². The Labute approximate surface area is 174 Å². The van der Waals surface area contributed by atoms with E-state index in [1.807, 2.05) is 30.9 Å². The second-order valence-electron chi connectivity index (χ2n) is 7.30. The van der Waals surface area contributed by atoms with Crippen LogP contribution in [0.1, 0.15) is 43.7 Å². The van der Waals surface area contributed by atoms with Gasteiger partial charge in [0, 0.05) is 45.3 Å². The lowest BCUT2D eigenvalue weighted by Gasteiger charge is -2.27. The molecule has 1 aliphatic rings. The van der Waals surface area contributed by atoms with Gasteiger partial charge in [0.25, 0.3) is 0 Å². The first-order valence-corrected chi connectivity index (χ1v) is 10.6. The van der Waals surface area contributed by atoms with Crippen LogP contribution in [0, 0.1) is 6.92 Å². The van der Waals surface area contributed by atoms with Crippen molar-refractivity contribution in [2.24, 2.45) is 4.99 Å². The standard InChI is InChI=1S/C22H36N4O3/c1-4-23-22(25-17-21(27)26-11-6-5-7-12-26)24-16-19-10-9-18(2)15-20(19)29-14-8-13-28-3/h9-10,15H,4-8,11-14,16-17H2,1-3H3,(H2,23,24,25). The summed E-state index contributed by atoms with van der Waals surface area (Å²) in [6.45, 7) is 8.55. The summed E-state index contributed by atoms with van der Waals surface area (Å²) in [6, 6.07) is 6.15. The molecule has 1 amide bonds. The van der Waals surface area contributed by atoms with Crippen LogP contribution in [0.3, 0.4) is 0 Å². The predicted molar refractivity (Wildman–Crippen MR) is 116 cm³/mol. The number of piperidine rings is 1. The van der Waals surface area contributed by atoms with Gasteiger partial charge in [0.05, 0.1) is 19.7 Å². The Morgan fingerprint density at radius 1 is 1.17 bits per heavy atom. The number of nitrogens with one attached hydrogen (secondary N) is 2. The number of aliphatic imine (C=N–C) groups is 1. The molecule has 0 bridgehead atoms. The zero-order valence-electron chi connectivity index (χ0n) is 18.1. The number of aryl methyl sites for hydroxylation is 1. The lowest BCUT2D eigenvalue weighted by atomic mass is 10.1. The molecule has 1 aliphatic heterocycles. The van der Waals surface area contributed by atoms with E-state index in [-0.39, 0.29) is 12.5 Å². The highest BCUT2D eigenvalue weighted by molar-refractivity contribution is 5.86. The minimum atomic E-state index is 0.132. The van der Waals surface area contributed by atoms with E-state index in [2.05, 4.69) is 21.7 Å². The summed E-state index contributed by atoms with van der Waals surface area (Å²) in [6.07, 6.45) is 4.25. The maximum Gasteiger partial charge on any atom is 0.241 e. The fourth-order valence-corrected chi connectivity index (χ4v) is 3.23.